The van der Waals surface area contributed by atoms with E-state index in [0.29, 0.717) is 32.3 Å². The van der Waals surface area contributed by atoms with E-state index in [0.717, 1.165) is 165 Å². The highest BCUT2D eigenvalue weighted by molar-refractivity contribution is 7.99. The van der Waals surface area contributed by atoms with Crippen molar-refractivity contribution in [2.75, 3.05) is 13.2 Å². The molecule has 0 spiro atoms. The predicted molar refractivity (Wildman–Crippen MR) is 585 cm³/mol. The topological polar surface area (TPSA) is 239 Å². The highest BCUT2D eigenvalue weighted by Crippen LogP contribution is 2.56. The number of rotatable bonds is 78. The first-order valence-corrected chi connectivity index (χ1v) is 58.8. The van der Waals surface area contributed by atoms with Gasteiger partial charge < -0.3 is 62.7 Å². The molecule has 2 N–H and O–H groups in total. The number of hydrogen-bond donors (Lipinski definition) is 2. The third-order valence-corrected chi connectivity index (χ3v) is 30.7. The molecule has 0 saturated carbocycles. The minimum Gasteiger partial charge on any atom is -0.457 e. The van der Waals surface area contributed by atoms with Gasteiger partial charge in [-0.2, -0.15) is 0 Å². The SMILES string of the molecule is CCCCCCCCCCC[C@H](CC(=O)N[C@@H]1[C@@H](OC(=O)C[C@@H](CCCCCCCCCCC)OCc2ccccc2)[C@H](OCc2ccccc2)[C@@H]([13CH2]O[C@@H]2O[C@H](COCc3ccccc3)[C@@H](OP3(=O)OCc4ccccc4CO3)[C@H](OC(=O)C[C@@H](CCCCCCCCCCC)OCc3ccccc3)[C@H]2NC(=O)C[C@@H](CCCCCCCCCCC)OCc2ccccc2)O[C@@H]1Sc1ccccc1)OCc1ccccc1. The lowest BCUT2D eigenvalue weighted by atomic mass is 9.95. The summed E-state index contributed by atoms with van der Waals surface area (Å²) in [5, 5.41) is 6.86. The van der Waals surface area contributed by atoms with E-state index in [1.165, 1.54) is 127 Å². The third-order valence-electron chi connectivity index (χ3n) is 28.2. The van der Waals surface area contributed by atoms with Gasteiger partial charge in [0.05, 0.1) is 116 Å². The third kappa shape index (κ3) is 47.3. The van der Waals surface area contributed by atoms with Gasteiger partial charge in [-0.3, -0.25) is 32.7 Å². The Kier molecular flexibility index (Phi) is 58.5. The molecule has 3 aliphatic heterocycles. The molecule has 3 aliphatic rings. The zero-order valence-corrected chi connectivity index (χ0v) is 90.6. The van der Waals surface area contributed by atoms with Gasteiger partial charge in [0.25, 0.3) is 0 Å². The summed E-state index contributed by atoms with van der Waals surface area (Å²) in [6.07, 6.45) is 29.1. The van der Waals surface area contributed by atoms with Gasteiger partial charge in [0.1, 0.15) is 41.9 Å². The maximum Gasteiger partial charge on any atom is 0.475 e. The van der Waals surface area contributed by atoms with E-state index in [1.807, 2.05) is 237 Å². The van der Waals surface area contributed by atoms with Crippen molar-refractivity contribution in [2.45, 2.75) is 453 Å². The van der Waals surface area contributed by atoms with Crippen molar-refractivity contribution in [3.05, 3.63) is 281 Å². The number of thioether (sulfide) groups is 1. The number of unbranched alkanes of at least 4 members (excludes halogenated alkanes) is 32. The van der Waals surface area contributed by atoms with Crippen LogP contribution in [0.3, 0.4) is 0 Å². The number of esters is 2. The molecule has 2 fully saturated rings. The molecule has 2 amide bonds. The maximum absolute atomic E-state index is 16.3. The van der Waals surface area contributed by atoms with Crippen LogP contribution in [0.2, 0.25) is 0 Å². The van der Waals surface area contributed by atoms with E-state index in [4.69, 9.17) is 65.7 Å². The Balaban J connectivity index is 1.02. The van der Waals surface area contributed by atoms with Crippen LogP contribution >= 0.6 is 19.6 Å². The van der Waals surface area contributed by atoms with Crippen LogP contribution in [0.15, 0.2) is 241 Å². The second-order valence-electron chi connectivity index (χ2n) is 40.5. The molecule has 3 heterocycles. The summed E-state index contributed by atoms with van der Waals surface area (Å²) in [7, 11) is -4.77. The van der Waals surface area contributed by atoms with Crippen molar-refractivity contribution >= 4 is 43.3 Å². The van der Waals surface area contributed by atoms with Gasteiger partial charge in [0.15, 0.2) is 18.5 Å². The number of benzene rings is 8. The lowest BCUT2D eigenvalue weighted by Crippen LogP contribution is -2.68. The van der Waals surface area contributed by atoms with Gasteiger partial charge in [0, 0.05) is 4.90 Å². The molecule has 2 saturated heterocycles. The number of amides is 2. The number of phosphoric acid groups is 1. The number of hydrogen-bond acceptors (Lipinski definition) is 20. The van der Waals surface area contributed by atoms with Crippen molar-refractivity contribution < 1.29 is 89.4 Å². The largest absolute Gasteiger partial charge is 0.475 e. The molecule has 8 aromatic carbocycles. The zero-order chi connectivity index (χ0) is 103. The Morgan fingerprint density at radius 1 is 0.320 bits per heavy atom. The highest BCUT2D eigenvalue weighted by atomic mass is 32.2. The van der Waals surface area contributed by atoms with Crippen LogP contribution in [0.4, 0.5) is 0 Å². The van der Waals surface area contributed by atoms with Gasteiger partial charge >= 0.3 is 19.8 Å². The van der Waals surface area contributed by atoms with E-state index in [9.17, 15) is 0 Å². The molecule has 0 aliphatic carbocycles. The molecule has 21 nitrogen and oxygen atoms in total. The number of ether oxygens (including phenoxy) is 11. The lowest BCUT2D eigenvalue weighted by Gasteiger charge is -2.48. The van der Waals surface area contributed by atoms with Crippen LogP contribution in [-0.4, -0.2) is 122 Å². The lowest BCUT2D eigenvalue weighted by molar-refractivity contribution is -0.288. The Bertz CT molecular complexity index is 4780. The smallest absolute Gasteiger partial charge is 0.457 e. The van der Waals surface area contributed by atoms with E-state index in [1.54, 1.807) is 0 Å². The zero-order valence-electron chi connectivity index (χ0n) is 88.9. The van der Waals surface area contributed by atoms with Crippen molar-refractivity contribution in [3.63, 3.8) is 0 Å². The van der Waals surface area contributed by atoms with Crippen LogP contribution in [0.1, 0.15) is 355 Å². The predicted octanol–water partition coefficient (Wildman–Crippen LogP) is 29.7. The molecule has 8 aromatic rings. The fraction of sp³-hybridized carbons (Fsp3) is 0.581. The van der Waals surface area contributed by atoms with Crippen molar-refractivity contribution in [2.24, 2.45) is 0 Å². The molecule has 23 heteroatoms. The number of nitrogens with one attached hydrogen (secondary N) is 2. The normalized spacial score (nSPS) is 19.5. The molecule has 11 rings (SSSR count). The molecule has 14 atom stereocenters. The van der Waals surface area contributed by atoms with E-state index >= 15 is 23.7 Å². The average Bonchev–Trinajstić information content (AvgIpc) is 1.62. The summed E-state index contributed by atoms with van der Waals surface area (Å²) < 4.78 is 115. The molecular formula is C124H175N2O19PS. The minimum absolute atomic E-state index is 0.0278. The van der Waals surface area contributed by atoms with Crippen LogP contribution in [0.5, 0.6) is 0 Å². The first-order chi connectivity index (χ1) is 72.3. The summed E-state index contributed by atoms with van der Waals surface area (Å²) in [4.78, 5) is 65.3. The van der Waals surface area contributed by atoms with Gasteiger partial charge in [-0.05, 0) is 82.3 Å². The Labute approximate surface area is 885 Å². The second-order valence-corrected chi connectivity index (χ2v) is 43.3. The molecule has 0 radical (unpaired) electrons. The Morgan fingerprint density at radius 3 is 0.980 bits per heavy atom. The summed E-state index contributed by atoms with van der Waals surface area (Å²) in [5.41, 5.74) is 5.82. The summed E-state index contributed by atoms with van der Waals surface area (Å²) >= 11 is 1.35. The van der Waals surface area contributed by atoms with Crippen LogP contribution in [0.25, 0.3) is 0 Å². The standard InChI is InChI=1S/C124H175N2O19PS/c1-5-9-13-17-21-25-29-33-56-78-106(133-89-99-66-46-38-47-67-99)84-113(127)125-117-121(143-115(129)86-108(135-91-101-70-50-40-51-71-101)80-58-35-31-27-23-19-15-11-7-3)120(145-146(131)139-94-104-76-62-63-77-105(104)95-140-146)111(96-132-88-98-64-44-37-45-65-98)141-123(117)138-97-112-119(137-93-103-74-54-42-55-75-103)122(144-116(130)87-109(136-92-102-72-52-41-53-73-102)81-59-36-32-28-24-20-16-12-8-4)118(124(142-112)147-110-82-60-43-61-83-110)126-114(128)85-107(134-90-100-68-48-39-49-69-100)79-57-34-30-26-22-18-14-10-6-2/h37-55,60-77,82-83,106-109,111-112,117-124H,5-36,56-59,78-81,84-97H2,1-4H3,(H,125,127)(H,126,128)/t106-,107-,108-,109-,111-,112-,117-,118-,119-,120-,121-,122-,123-,124-/m1/s1/i97+1. The quantitative estimate of drug-likeness (QED) is 0.0156. The maximum atomic E-state index is 16.3. The van der Waals surface area contributed by atoms with Gasteiger partial charge in [0.2, 0.25) is 11.8 Å². The summed E-state index contributed by atoms with van der Waals surface area (Å²) in [6, 6.07) is 73.8. The van der Waals surface area contributed by atoms with Crippen LogP contribution in [0, 0.1) is 0 Å². The molecule has 147 heavy (non-hydrogen) atoms. The fourth-order valence-electron chi connectivity index (χ4n) is 19.6. The van der Waals surface area contributed by atoms with Crippen LogP contribution < -0.4 is 10.6 Å². The molecule has 806 valence electrons. The van der Waals surface area contributed by atoms with Crippen molar-refractivity contribution in [3.8, 4) is 0 Å². The highest BCUT2D eigenvalue weighted by Gasteiger charge is 2.56. The minimum atomic E-state index is -4.77. The number of carbonyl (C=O) groups is 4. The molecular weight excluding hydrogens is 1890 g/mol. The van der Waals surface area contributed by atoms with E-state index < -0.39 is 117 Å². The molecule has 0 bridgehead atoms. The first kappa shape index (κ1) is 119. The van der Waals surface area contributed by atoms with Gasteiger partial charge in [-0.15, -0.1) is 0 Å². The van der Waals surface area contributed by atoms with E-state index in [-0.39, 0.29) is 84.4 Å². The summed E-state index contributed by atoms with van der Waals surface area (Å²) in [6.45, 7) is 8.92. The monoisotopic (exact) mass is 2060 g/mol. The number of phosphoric ester groups is 1. The van der Waals surface area contributed by atoms with Crippen molar-refractivity contribution in [1.82, 2.24) is 10.6 Å². The molecule has 0 unspecified atom stereocenters. The van der Waals surface area contributed by atoms with Crippen molar-refractivity contribution in [1.29, 1.82) is 0 Å². The van der Waals surface area contributed by atoms with Gasteiger partial charge in [-0.1, -0.05) is 495 Å². The number of carbonyl (C=O) groups excluding carboxylic acids is 4. The Morgan fingerprint density at radius 2 is 0.619 bits per heavy atom. The second kappa shape index (κ2) is 72.3. The summed E-state index contributed by atoms with van der Waals surface area (Å²) in [5.74, 6) is -2.14. The van der Waals surface area contributed by atoms with Gasteiger partial charge in [-0.25, -0.2) is 4.57 Å². The number of fused-ring (bicyclic) bond motifs is 1. The van der Waals surface area contributed by atoms with Crippen LogP contribution in [-0.2, 0) is 142 Å². The van der Waals surface area contributed by atoms with E-state index in [2.05, 4.69) is 38.3 Å². The Hall–Kier alpha value is -8.26. The first-order valence-electron chi connectivity index (χ1n) is 56.4. The fourth-order valence-corrected chi connectivity index (χ4v) is 22.1. The molecule has 0 aromatic heterocycles. The average molecular weight is 2060 g/mol.